The molecule has 0 saturated heterocycles. The van der Waals surface area contributed by atoms with Gasteiger partial charge in [0.15, 0.2) is 34.9 Å². The van der Waals surface area contributed by atoms with Crippen molar-refractivity contribution in [1.82, 2.24) is 29.9 Å². The van der Waals surface area contributed by atoms with E-state index in [1.165, 1.54) is 0 Å². The van der Waals surface area contributed by atoms with Crippen LogP contribution in [0.3, 0.4) is 0 Å². The lowest BCUT2D eigenvalue weighted by Crippen LogP contribution is -2.00. The van der Waals surface area contributed by atoms with Crippen LogP contribution in [-0.2, 0) is 0 Å². The van der Waals surface area contributed by atoms with Gasteiger partial charge in [-0.2, -0.15) is 0 Å². The molecule has 7 aromatic carbocycles. The number of rotatable bonds is 6. The van der Waals surface area contributed by atoms with Crippen LogP contribution in [-0.4, -0.2) is 29.9 Å². The van der Waals surface area contributed by atoms with Crippen molar-refractivity contribution in [2.45, 2.75) is 0 Å². The van der Waals surface area contributed by atoms with Crippen LogP contribution in [0.5, 0.6) is 0 Å². The zero-order chi connectivity index (χ0) is 37.0. The lowest BCUT2D eigenvalue weighted by molar-refractivity contribution is 0.668. The third-order valence-corrected chi connectivity index (χ3v) is 10.0. The van der Waals surface area contributed by atoms with Crippen molar-refractivity contribution in [2.75, 3.05) is 0 Å². The van der Waals surface area contributed by atoms with E-state index < -0.39 is 0 Å². The monoisotopic (exact) mass is 720 g/mol. The summed E-state index contributed by atoms with van der Waals surface area (Å²) >= 11 is 0. The maximum atomic E-state index is 6.58. The molecular weight excluding hydrogens is 693 g/mol. The second kappa shape index (κ2) is 12.9. The summed E-state index contributed by atoms with van der Waals surface area (Å²) in [6.07, 6.45) is 0. The van der Waals surface area contributed by atoms with Gasteiger partial charge in [-0.25, -0.2) is 29.9 Å². The third-order valence-electron chi connectivity index (χ3n) is 10.0. The predicted octanol–water partition coefficient (Wildman–Crippen LogP) is 11.9. The highest BCUT2D eigenvalue weighted by molar-refractivity contribution is 6.13. The van der Waals surface area contributed by atoms with Crippen LogP contribution in [0, 0.1) is 0 Å². The normalized spacial score (nSPS) is 11.6. The van der Waals surface area contributed by atoms with E-state index in [0.29, 0.717) is 40.5 Å². The van der Waals surface area contributed by atoms with Crippen molar-refractivity contribution in [3.63, 3.8) is 0 Å². The molecule has 0 spiro atoms. The van der Waals surface area contributed by atoms with Crippen LogP contribution < -0.4 is 0 Å². The molecule has 0 aliphatic rings. The molecule has 0 radical (unpaired) electrons. The summed E-state index contributed by atoms with van der Waals surface area (Å²) in [7, 11) is 0. The van der Waals surface area contributed by atoms with Crippen molar-refractivity contribution in [1.29, 1.82) is 0 Å². The summed E-state index contributed by atoms with van der Waals surface area (Å²) in [5.74, 6) is 3.40. The van der Waals surface area contributed by atoms with E-state index in [0.717, 1.165) is 71.7 Å². The van der Waals surface area contributed by atoms with Gasteiger partial charge in [0.05, 0.1) is 0 Å². The van der Waals surface area contributed by atoms with E-state index in [9.17, 15) is 0 Å². The Morgan fingerprint density at radius 1 is 0.268 bits per heavy atom. The highest BCUT2D eigenvalue weighted by Crippen LogP contribution is 2.39. The Labute approximate surface area is 319 Å². The molecule has 0 amide bonds. The first-order valence-corrected chi connectivity index (χ1v) is 18.3. The average Bonchev–Trinajstić information content (AvgIpc) is 3.85. The summed E-state index contributed by atoms with van der Waals surface area (Å²) in [5, 5.41) is 3.81. The van der Waals surface area contributed by atoms with Crippen molar-refractivity contribution in [3.05, 3.63) is 170 Å². The van der Waals surface area contributed by atoms with Crippen LogP contribution in [0.2, 0.25) is 0 Å². The lowest BCUT2D eigenvalue weighted by atomic mass is 10.0. The summed E-state index contributed by atoms with van der Waals surface area (Å²) in [4.78, 5) is 30.1. The molecule has 0 N–H and O–H groups in total. The molecule has 0 bridgehead atoms. The van der Waals surface area contributed by atoms with Gasteiger partial charge in [-0.1, -0.05) is 140 Å². The molecule has 0 aliphatic heterocycles. The number of para-hydroxylation sites is 1. The first-order valence-electron chi connectivity index (χ1n) is 18.3. The Morgan fingerprint density at radius 2 is 0.661 bits per heavy atom. The number of furan rings is 2. The molecule has 11 rings (SSSR count). The fourth-order valence-corrected chi connectivity index (χ4v) is 7.38. The average molecular weight is 721 g/mol. The molecule has 262 valence electrons. The smallest absolute Gasteiger partial charge is 0.164 e. The Balaban J connectivity index is 1.08. The minimum Gasteiger partial charge on any atom is -0.456 e. The maximum Gasteiger partial charge on any atom is 0.164 e. The number of hydrogen-bond donors (Lipinski definition) is 0. The number of nitrogens with zero attached hydrogens (tertiary/aromatic N) is 6. The maximum absolute atomic E-state index is 6.58. The van der Waals surface area contributed by atoms with Crippen LogP contribution in [0.15, 0.2) is 179 Å². The fourth-order valence-electron chi connectivity index (χ4n) is 7.38. The van der Waals surface area contributed by atoms with Gasteiger partial charge in [-0.05, 0) is 30.3 Å². The molecule has 0 saturated carbocycles. The summed E-state index contributed by atoms with van der Waals surface area (Å²) in [6.45, 7) is 0. The largest absolute Gasteiger partial charge is 0.456 e. The number of fused-ring (bicyclic) bond motifs is 6. The van der Waals surface area contributed by atoms with Gasteiger partial charge >= 0.3 is 0 Å². The Kier molecular flexibility index (Phi) is 7.31. The van der Waals surface area contributed by atoms with Gasteiger partial charge in [0.1, 0.15) is 22.3 Å². The first-order chi connectivity index (χ1) is 27.7. The van der Waals surface area contributed by atoms with Crippen molar-refractivity contribution in [2.24, 2.45) is 0 Å². The van der Waals surface area contributed by atoms with Crippen molar-refractivity contribution >= 4 is 43.9 Å². The quantitative estimate of drug-likeness (QED) is 0.167. The molecule has 4 aromatic heterocycles. The minimum atomic E-state index is 0.527. The molecule has 11 aromatic rings. The highest BCUT2D eigenvalue weighted by atomic mass is 16.3. The molecule has 56 heavy (non-hydrogen) atoms. The Bertz CT molecular complexity index is 3190. The van der Waals surface area contributed by atoms with Crippen LogP contribution in [0.25, 0.3) is 112 Å². The highest BCUT2D eigenvalue weighted by Gasteiger charge is 2.21. The zero-order valence-corrected chi connectivity index (χ0v) is 29.7. The van der Waals surface area contributed by atoms with Gasteiger partial charge in [0, 0.05) is 54.9 Å². The number of hydrogen-bond acceptors (Lipinski definition) is 8. The second-order valence-electron chi connectivity index (χ2n) is 13.5. The van der Waals surface area contributed by atoms with E-state index in [2.05, 4.69) is 12.1 Å². The molecule has 8 nitrogen and oxygen atoms in total. The first kappa shape index (κ1) is 31.7. The molecular formula is C48H28N6O2. The van der Waals surface area contributed by atoms with E-state index in [1.807, 2.05) is 158 Å². The lowest BCUT2D eigenvalue weighted by Gasteiger charge is -2.09. The summed E-state index contributed by atoms with van der Waals surface area (Å²) < 4.78 is 12.8. The summed E-state index contributed by atoms with van der Waals surface area (Å²) in [6, 6.07) is 56.0. The van der Waals surface area contributed by atoms with Crippen LogP contribution in [0.4, 0.5) is 0 Å². The standard InChI is InChI=1S/C48H28N6O2/c1-4-14-29(15-5-1)43-49-44(30-16-6-2-7-17-30)52-47(51-43)36-22-13-25-39-42(36)34-27-26-32(28-40(34)56-39)46-50-45(31-18-8-3-9-19-31)53-48(54-46)35-21-12-24-38-41(35)33-20-10-11-23-37(33)55-38/h1-28H. The fraction of sp³-hybridized carbons (Fsp3) is 0. The van der Waals surface area contributed by atoms with E-state index >= 15 is 0 Å². The van der Waals surface area contributed by atoms with Crippen LogP contribution >= 0.6 is 0 Å². The van der Waals surface area contributed by atoms with Crippen molar-refractivity contribution < 1.29 is 8.83 Å². The zero-order valence-electron chi connectivity index (χ0n) is 29.7. The van der Waals surface area contributed by atoms with Crippen molar-refractivity contribution in [3.8, 4) is 68.3 Å². The van der Waals surface area contributed by atoms with Gasteiger partial charge in [-0.15, -0.1) is 0 Å². The van der Waals surface area contributed by atoms with Gasteiger partial charge in [0.2, 0.25) is 0 Å². The number of benzene rings is 7. The second-order valence-corrected chi connectivity index (χ2v) is 13.5. The molecule has 0 unspecified atom stereocenters. The third kappa shape index (κ3) is 5.39. The molecule has 0 fully saturated rings. The SMILES string of the molecule is c1ccc(-c2nc(-c3ccc4c(c3)oc3cccc(-c5nc(-c6ccccc6)nc(-c6ccccc6)n5)c34)nc(-c3cccc4oc5ccccc5c34)n2)cc1. The Hall–Kier alpha value is -7.84. The molecule has 0 atom stereocenters. The van der Waals surface area contributed by atoms with Gasteiger partial charge < -0.3 is 8.83 Å². The predicted molar refractivity (Wildman–Crippen MR) is 220 cm³/mol. The van der Waals surface area contributed by atoms with E-state index in [-0.39, 0.29) is 0 Å². The van der Waals surface area contributed by atoms with Gasteiger partial charge in [-0.3, -0.25) is 0 Å². The molecule has 8 heteroatoms. The number of aromatic nitrogens is 6. The topological polar surface area (TPSA) is 104 Å². The van der Waals surface area contributed by atoms with E-state index in [1.54, 1.807) is 0 Å². The van der Waals surface area contributed by atoms with Crippen LogP contribution in [0.1, 0.15) is 0 Å². The minimum absolute atomic E-state index is 0.527. The molecule has 4 heterocycles. The van der Waals surface area contributed by atoms with Gasteiger partial charge in [0.25, 0.3) is 0 Å². The molecule has 0 aliphatic carbocycles. The summed E-state index contributed by atoms with van der Waals surface area (Å²) in [5.41, 5.74) is 8.21. The van der Waals surface area contributed by atoms with E-state index in [4.69, 9.17) is 38.7 Å². The Morgan fingerprint density at radius 3 is 1.18 bits per heavy atom.